The third-order valence-corrected chi connectivity index (χ3v) is 7.08. The Labute approximate surface area is 272 Å². The summed E-state index contributed by atoms with van der Waals surface area (Å²) in [5.41, 5.74) is 0.0301. The molecule has 1 heterocycles. The van der Waals surface area contributed by atoms with Crippen LogP contribution in [0.5, 0.6) is 11.5 Å². The van der Waals surface area contributed by atoms with Crippen LogP contribution in [0.4, 0.5) is 4.79 Å². The molecule has 11 nitrogen and oxygen atoms in total. The summed E-state index contributed by atoms with van der Waals surface area (Å²) in [7, 11) is 0. The lowest BCUT2D eigenvalue weighted by Crippen LogP contribution is -2.60. The number of carbonyl (C=O) groups is 2. The highest BCUT2D eigenvalue weighted by molar-refractivity contribution is 5.91. The van der Waals surface area contributed by atoms with Gasteiger partial charge in [0.2, 0.25) is 0 Å². The van der Waals surface area contributed by atoms with Crippen LogP contribution in [0, 0.1) is 0 Å². The van der Waals surface area contributed by atoms with Crippen LogP contribution in [0.1, 0.15) is 52.7 Å². The van der Waals surface area contributed by atoms with Crippen LogP contribution in [0.15, 0.2) is 36.4 Å². The molecule has 0 fully saturated rings. The van der Waals surface area contributed by atoms with Gasteiger partial charge in [0.1, 0.15) is 41.5 Å². The number of rotatable bonds is 2. The van der Waals surface area contributed by atoms with E-state index in [-0.39, 0.29) is 12.8 Å². The molecule has 2 aliphatic rings. The lowest BCUT2D eigenvalue weighted by Gasteiger charge is -2.35. The molecule has 0 bridgehead atoms. The van der Waals surface area contributed by atoms with Gasteiger partial charge in [0.25, 0.3) is 0 Å². The number of ether oxygens (including phenoxy) is 8. The van der Waals surface area contributed by atoms with Crippen LogP contribution >= 0.6 is 0 Å². The smallest absolute Gasteiger partial charge is 0.408 e. The van der Waals surface area contributed by atoms with Gasteiger partial charge in [-0.1, -0.05) is 24.3 Å². The molecule has 4 rings (SSSR count). The summed E-state index contributed by atoms with van der Waals surface area (Å²) in [5, 5.41) is 2.94. The maximum absolute atomic E-state index is 14.2. The van der Waals surface area contributed by atoms with E-state index >= 15 is 0 Å². The van der Waals surface area contributed by atoms with E-state index in [4.69, 9.17) is 37.9 Å². The summed E-state index contributed by atoms with van der Waals surface area (Å²) < 4.78 is 46.8. The molecule has 0 saturated heterocycles. The van der Waals surface area contributed by atoms with Crippen molar-refractivity contribution in [2.45, 2.75) is 71.1 Å². The summed E-state index contributed by atoms with van der Waals surface area (Å²) in [4.78, 5) is 27.5. The van der Waals surface area contributed by atoms with E-state index in [2.05, 4.69) is 5.32 Å². The third kappa shape index (κ3) is 10.3. The van der Waals surface area contributed by atoms with E-state index in [1.807, 2.05) is 36.4 Å². The zero-order valence-corrected chi connectivity index (χ0v) is 28.0. The van der Waals surface area contributed by atoms with Gasteiger partial charge in [-0.15, -0.1) is 0 Å². The Balaban J connectivity index is 1.78. The predicted molar refractivity (Wildman–Crippen MR) is 171 cm³/mol. The van der Waals surface area contributed by atoms with Crippen molar-refractivity contribution in [3.63, 3.8) is 0 Å². The number of hydrogen-bond acceptors (Lipinski definition) is 10. The van der Waals surface area contributed by atoms with Crippen LogP contribution < -0.4 is 14.8 Å². The van der Waals surface area contributed by atoms with E-state index in [9.17, 15) is 9.59 Å². The summed E-state index contributed by atoms with van der Waals surface area (Å²) in [6, 6.07) is 11.4. The van der Waals surface area contributed by atoms with Crippen LogP contribution in [0.3, 0.4) is 0 Å². The van der Waals surface area contributed by atoms with Gasteiger partial charge in [0.05, 0.1) is 52.9 Å². The number of esters is 1. The van der Waals surface area contributed by atoms with Gasteiger partial charge in [0, 0.05) is 24.0 Å². The number of benzene rings is 2. The highest BCUT2D eigenvalue weighted by Crippen LogP contribution is 2.46. The first kappa shape index (κ1) is 35.5. The molecule has 0 atom stereocenters. The SMILES string of the molecule is CC(C)(C)OC(=O)NC1(C(=O)OC(C)(C)C)Cc2cccc3c2-c2c(cccc2OCCOCCOCCOCCOCCO3)C1. The van der Waals surface area contributed by atoms with Crippen molar-refractivity contribution in [3.05, 3.63) is 47.5 Å². The maximum atomic E-state index is 14.2. The van der Waals surface area contributed by atoms with Crippen LogP contribution in [-0.4, -0.2) is 94.9 Å². The number of carbonyl (C=O) groups excluding carboxylic acids is 2. The summed E-state index contributed by atoms with van der Waals surface area (Å²) in [6.07, 6.45) is -0.466. The highest BCUT2D eigenvalue weighted by Gasteiger charge is 2.47. The van der Waals surface area contributed by atoms with Gasteiger partial charge in [0.15, 0.2) is 0 Å². The van der Waals surface area contributed by atoms with Gasteiger partial charge in [-0.05, 0) is 64.8 Å². The molecular formula is C35H49NO10. The molecule has 254 valence electrons. The quantitative estimate of drug-likeness (QED) is 0.453. The molecule has 2 aromatic carbocycles. The fourth-order valence-corrected chi connectivity index (χ4v) is 5.31. The minimum Gasteiger partial charge on any atom is -0.491 e. The Morgan fingerprint density at radius 1 is 0.609 bits per heavy atom. The number of amides is 1. The lowest BCUT2D eigenvalue weighted by molar-refractivity contribution is -0.163. The molecule has 0 radical (unpaired) electrons. The Morgan fingerprint density at radius 3 is 1.39 bits per heavy atom. The van der Waals surface area contributed by atoms with Crippen molar-refractivity contribution >= 4 is 12.1 Å². The Kier molecular flexibility index (Phi) is 12.3. The maximum Gasteiger partial charge on any atom is 0.408 e. The molecule has 1 N–H and O–H groups in total. The van der Waals surface area contributed by atoms with Gasteiger partial charge in [-0.2, -0.15) is 0 Å². The number of alkyl carbamates (subject to hydrolysis) is 1. The van der Waals surface area contributed by atoms with Crippen LogP contribution in [0.2, 0.25) is 0 Å². The first-order valence-corrected chi connectivity index (χ1v) is 15.9. The largest absolute Gasteiger partial charge is 0.491 e. The molecule has 0 saturated carbocycles. The molecule has 11 heteroatoms. The second-order valence-electron chi connectivity index (χ2n) is 13.3. The van der Waals surface area contributed by atoms with Gasteiger partial charge < -0.3 is 43.2 Å². The molecule has 0 aromatic heterocycles. The first-order chi connectivity index (χ1) is 21.9. The monoisotopic (exact) mass is 643 g/mol. The van der Waals surface area contributed by atoms with Crippen molar-refractivity contribution in [1.82, 2.24) is 5.32 Å². The normalized spacial score (nSPS) is 18.4. The molecule has 2 aromatic rings. The first-order valence-electron chi connectivity index (χ1n) is 15.9. The Hall–Kier alpha value is -3.38. The average molecular weight is 644 g/mol. The van der Waals surface area contributed by atoms with Crippen molar-refractivity contribution in [2.75, 3.05) is 66.1 Å². The second kappa shape index (κ2) is 15.9. The molecular weight excluding hydrogens is 594 g/mol. The molecule has 0 unspecified atom stereocenters. The van der Waals surface area contributed by atoms with Crippen molar-refractivity contribution in [1.29, 1.82) is 0 Å². The van der Waals surface area contributed by atoms with Gasteiger partial charge in [-0.25, -0.2) is 9.59 Å². The van der Waals surface area contributed by atoms with Crippen molar-refractivity contribution in [2.24, 2.45) is 0 Å². The van der Waals surface area contributed by atoms with Crippen LogP contribution in [-0.2, 0) is 46.1 Å². The number of nitrogens with one attached hydrogen (secondary N) is 1. The molecule has 1 aliphatic carbocycles. The molecule has 46 heavy (non-hydrogen) atoms. The summed E-state index contributed by atoms with van der Waals surface area (Å²) in [5.74, 6) is 0.648. The fraction of sp³-hybridized carbons (Fsp3) is 0.600. The van der Waals surface area contributed by atoms with Gasteiger partial charge in [-0.3, -0.25) is 0 Å². The Morgan fingerprint density at radius 2 is 1.00 bits per heavy atom. The zero-order chi connectivity index (χ0) is 33.2. The molecule has 1 amide bonds. The van der Waals surface area contributed by atoms with E-state index < -0.39 is 28.8 Å². The van der Waals surface area contributed by atoms with E-state index in [0.717, 1.165) is 22.3 Å². The van der Waals surface area contributed by atoms with Crippen LogP contribution in [0.25, 0.3) is 11.1 Å². The van der Waals surface area contributed by atoms with E-state index in [1.54, 1.807) is 41.5 Å². The highest BCUT2D eigenvalue weighted by atomic mass is 16.6. The average Bonchev–Trinajstić information content (AvgIpc) is 3.10. The Bertz CT molecular complexity index is 1240. The number of hydrogen-bond donors (Lipinski definition) is 1. The van der Waals surface area contributed by atoms with E-state index in [1.165, 1.54) is 0 Å². The van der Waals surface area contributed by atoms with Crippen molar-refractivity contribution < 1.29 is 47.5 Å². The molecule has 0 spiro atoms. The molecule has 1 aliphatic heterocycles. The minimum absolute atomic E-state index is 0.124. The lowest BCUT2D eigenvalue weighted by atomic mass is 9.86. The summed E-state index contributed by atoms with van der Waals surface area (Å²) >= 11 is 0. The second-order valence-corrected chi connectivity index (χ2v) is 13.3. The summed E-state index contributed by atoms with van der Waals surface area (Å²) in [6.45, 7) is 14.7. The zero-order valence-electron chi connectivity index (χ0n) is 28.0. The predicted octanol–water partition coefficient (Wildman–Crippen LogP) is 4.90. The van der Waals surface area contributed by atoms with E-state index in [0.29, 0.717) is 77.6 Å². The minimum atomic E-state index is -1.49. The van der Waals surface area contributed by atoms with Gasteiger partial charge >= 0.3 is 12.1 Å². The topological polar surface area (TPSA) is 120 Å². The fourth-order valence-electron chi connectivity index (χ4n) is 5.31. The van der Waals surface area contributed by atoms with Crippen molar-refractivity contribution in [3.8, 4) is 22.6 Å². The third-order valence-electron chi connectivity index (χ3n) is 7.08. The standard InChI is InChI=1S/C35H49NO10/c1-33(2,3)45-31(37)35(36-32(38)46-34(4,5)6)23-25-9-7-11-27-29(25)30-26(24-35)10-8-12-28(30)44-22-20-42-18-16-40-14-13-39-15-17-41-19-21-43-27/h7-12H,13-24H2,1-6H3,(H,36,38).